The summed E-state index contributed by atoms with van der Waals surface area (Å²) >= 11 is 0. The van der Waals surface area contributed by atoms with Crippen LogP contribution in [0.25, 0.3) is 0 Å². The smallest absolute Gasteiger partial charge is 0.326 e. The molecule has 2 unspecified atom stereocenters. The Morgan fingerprint density at radius 1 is 0.427 bits per heavy atom. The van der Waals surface area contributed by atoms with Crippen LogP contribution in [0.15, 0.2) is 24.3 Å². The Balaban J connectivity index is 1.29. The Bertz CT molecular complexity index is 4250. The molecular formula is C94H157N19O30. The first-order chi connectivity index (χ1) is 67.9. The standard InChI is InChI=1S/C94H157N19O30/c1-11-12-13-22-64(83(126)100-57(8)82(125)105-70(52-75(121)122)88(131)111-78(59(10)115)91(134)107-69(51-60-27-30-62(116)31-28-60)87(130)106-68(50-53(2)3)86(129)104-67(24-17-19-37-96)92(135)113-39-20-25-71(113)93(136)137)101-81(124)56(7)98-80(123)55(6)99-84(127)65(23-16-18-36-95)102-89(132)76(54(4)5)110-85(128)66(33-34-74(119)120)103-90(133)77(58(9)114)109-73(118)35-40-139-42-44-141-46-48-143-49-47-142-45-43-140-41-38-97-72(117)26-15-14-21-61-29-32-63-79(61)112-94(138)108-63/h27-28,30-31,53-59,61,63-71,76-79,114-116H,11-26,29,32-52,95-96H2,1-10H3,(H,97,117)(H,98,123)(H,99,127)(H,100,126)(H,101,124)(H,102,132)(H,103,133)(H,104,129)(H,105,125)(H,106,130)(H,107,134)(H,109,118)(H,110,128)(H,111,131)(H,119,120)(H,121,122)(H,136,137)(H2,108,112,138)/t55-,56+,57+,58+,59-,61+,63+,64-,65+,66+,67-,68+,69-,70-,71+,76-,77?,78?,79-/m0/s1. The molecular weight excluding hydrogens is 1880 g/mol. The number of likely N-dealkylation sites (tertiary alicyclic amines) is 1. The summed E-state index contributed by atoms with van der Waals surface area (Å²) in [5.41, 5.74) is 11.9. The van der Waals surface area contributed by atoms with Gasteiger partial charge in [-0.1, -0.05) is 72.4 Å². The fraction of sp³-hybridized carbons (Fsp3) is 0.734. The quantitative estimate of drug-likeness (QED) is 0.0283. The summed E-state index contributed by atoms with van der Waals surface area (Å²) in [5, 5.41) is 102. The Morgan fingerprint density at radius 2 is 0.867 bits per heavy atom. The van der Waals surface area contributed by atoms with E-state index in [4.69, 9.17) is 35.2 Å². The minimum Gasteiger partial charge on any atom is -0.508 e. The third-order valence-electron chi connectivity index (χ3n) is 24.1. The highest BCUT2D eigenvalue weighted by Crippen LogP contribution is 2.33. The SMILES string of the molecule is CCCCC[C@H](NC(=O)[C@@H](C)NC(=O)[C@H](C)NC(=O)[C@@H](CCCCN)NC(=O)[C@@H](NC(=O)[C@@H](CCC(=O)O)NC(=O)C(NC(=O)CCOCCOCCOCCOCCOCCNC(=O)CCCC[C@@H]1CC[C@H]2NC(=O)N[C@@H]12)[C@@H](C)O)C(C)C)C(=O)N[C@H](C)C(=O)N[C@@H](CC(=O)O)C(=O)NC(C(=O)N[C@@H](Cc1ccc(O)cc1)C(=O)N[C@H](CC(C)C)C(=O)N[C@@H](CCCCN)C(=O)N1CCC[C@@H]1C(=O)O)[C@H](C)O. The van der Waals surface area contributed by atoms with Gasteiger partial charge in [-0.2, -0.15) is 0 Å². The van der Waals surface area contributed by atoms with Gasteiger partial charge in [0, 0.05) is 38.8 Å². The number of benzene rings is 1. The lowest BCUT2D eigenvalue weighted by Crippen LogP contribution is -2.62. The van der Waals surface area contributed by atoms with Gasteiger partial charge >= 0.3 is 23.9 Å². The number of carboxylic acid groups (broad SMARTS) is 3. The van der Waals surface area contributed by atoms with E-state index in [1.54, 1.807) is 13.8 Å². The predicted octanol–water partition coefficient (Wildman–Crippen LogP) is -3.38. The molecule has 17 amide bonds. The molecule has 49 nitrogen and oxygen atoms in total. The Hall–Kier alpha value is -11.6. The molecule has 1 saturated carbocycles. The van der Waals surface area contributed by atoms with Crippen LogP contribution < -0.4 is 96.5 Å². The lowest BCUT2D eigenvalue weighted by atomic mass is 9.96. The minimum atomic E-state index is -2.04. The number of aliphatic hydroxyl groups excluding tert-OH is 2. The second-order valence-electron chi connectivity index (χ2n) is 37.0. The number of nitrogens with zero attached hydrogens (tertiary/aromatic N) is 1. The van der Waals surface area contributed by atoms with Gasteiger partial charge < -0.3 is 156 Å². The number of ether oxygens (including phenoxy) is 5. The molecule has 49 heteroatoms. The van der Waals surface area contributed by atoms with Crippen molar-refractivity contribution < 1.29 is 145 Å². The highest BCUT2D eigenvalue weighted by atomic mass is 16.6. The van der Waals surface area contributed by atoms with E-state index >= 15 is 0 Å². The second-order valence-corrected chi connectivity index (χ2v) is 37.0. The van der Waals surface area contributed by atoms with Gasteiger partial charge in [-0.3, -0.25) is 81.5 Å². The van der Waals surface area contributed by atoms with Crippen molar-refractivity contribution in [2.75, 3.05) is 92.2 Å². The summed E-state index contributed by atoms with van der Waals surface area (Å²) < 4.78 is 27.6. The van der Waals surface area contributed by atoms with Crippen LogP contribution in [0.1, 0.15) is 222 Å². The maximum Gasteiger partial charge on any atom is 0.326 e. The van der Waals surface area contributed by atoms with Crippen molar-refractivity contribution in [2.45, 2.75) is 332 Å². The monoisotopic (exact) mass is 2030 g/mol. The van der Waals surface area contributed by atoms with Gasteiger partial charge in [0.1, 0.15) is 90.3 Å². The highest BCUT2D eigenvalue weighted by Gasteiger charge is 2.44. The minimum absolute atomic E-state index is 0.0265. The summed E-state index contributed by atoms with van der Waals surface area (Å²) in [6.45, 7) is 17.4. The summed E-state index contributed by atoms with van der Waals surface area (Å²) in [7, 11) is 0. The molecule has 0 aromatic heterocycles. The molecule has 2 heterocycles. The fourth-order valence-electron chi connectivity index (χ4n) is 16.1. The Morgan fingerprint density at radius 3 is 1.38 bits per heavy atom. The number of unbranched alkanes of at least 4 members (excludes halogenated alkanes) is 5. The fourth-order valence-corrected chi connectivity index (χ4v) is 16.1. The molecule has 0 spiro atoms. The molecule has 3 aliphatic rings. The number of carbonyl (C=O) groups is 19. The molecule has 3 fully saturated rings. The molecule has 2 saturated heterocycles. The number of aromatic hydroxyl groups is 1. The van der Waals surface area contributed by atoms with Crippen molar-refractivity contribution in [2.24, 2.45) is 29.2 Å². The van der Waals surface area contributed by atoms with Crippen LogP contribution in [0.2, 0.25) is 0 Å². The zero-order valence-corrected chi connectivity index (χ0v) is 83.9. The predicted molar refractivity (Wildman–Crippen MR) is 515 cm³/mol. The maximum absolute atomic E-state index is 14.6. The molecule has 19 atom stereocenters. The number of carbonyl (C=O) groups excluding carboxylic acids is 16. The topological polar surface area (TPSA) is 740 Å². The number of carboxylic acids is 3. The van der Waals surface area contributed by atoms with Crippen LogP contribution >= 0.6 is 0 Å². The number of aliphatic hydroxyl groups is 2. The van der Waals surface area contributed by atoms with Crippen LogP contribution in [0.4, 0.5) is 4.79 Å². The zero-order valence-electron chi connectivity index (χ0n) is 83.9. The third kappa shape index (κ3) is 47.2. The molecule has 4 rings (SSSR count). The highest BCUT2D eigenvalue weighted by molar-refractivity contribution is 6.01. The number of amides is 17. The number of phenols is 1. The summed E-state index contributed by atoms with van der Waals surface area (Å²) in [6, 6.07) is -15.9. The van der Waals surface area contributed by atoms with Crippen LogP contribution in [0.5, 0.6) is 5.75 Å². The average Bonchev–Trinajstić information content (AvgIpc) is 1.67. The second kappa shape index (κ2) is 67.1. The molecule has 26 N–H and O–H groups in total. The Labute approximate surface area is 833 Å². The van der Waals surface area contributed by atoms with Crippen LogP contribution in [0, 0.1) is 17.8 Å². The maximum atomic E-state index is 14.6. The molecule has 143 heavy (non-hydrogen) atoms. The molecule has 1 aliphatic carbocycles. The van der Waals surface area contributed by atoms with E-state index in [0.29, 0.717) is 102 Å². The van der Waals surface area contributed by atoms with E-state index in [-0.39, 0.29) is 140 Å². The summed E-state index contributed by atoms with van der Waals surface area (Å²) in [5.74, 6) is -18.8. The number of nitrogens with two attached hydrogens (primary N) is 2. The summed E-state index contributed by atoms with van der Waals surface area (Å²) in [4.78, 5) is 258. The number of rotatable bonds is 74. The van der Waals surface area contributed by atoms with Gasteiger partial charge in [-0.05, 0) is 179 Å². The van der Waals surface area contributed by atoms with Crippen molar-refractivity contribution in [3.63, 3.8) is 0 Å². The third-order valence-corrected chi connectivity index (χ3v) is 24.1. The van der Waals surface area contributed by atoms with Gasteiger partial charge in [-0.15, -0.1) is 0 Å². The van der Waals surface area contributed by atoms with Crippen LogP contribution in [-0.4, -0.2) is 349 Å². The van der Waals surface area contributed by atoms with Crippen LogP contribution in [0.3, 0.4) is 0 Å². The van der Waals surface area contributed by atoms with Gasteiger partial charge in [0.05, 0.1) is 96.8 Å². The van der Waals surface area contributed by atoms with Gasteiger partial charge in [0.2, 0.25) is 88.6 Å². The van der Waals surface area contributed by atoms with Crippen molar-refractivity contribution in [1.29, 1.82) is 0 Å². The molecule has 0 radical (unpaired) electrons. The van der Waals surface area contributed by atoms with E-state index < -0.39 is 223 Å². The first-order valence-corrected chi connectivity index (χ1v) is 49.6. The van der Waals surface area contributed by atoms with Gasteiger partial charge in [-0.25, -0.2) is 9.59 Å². The number of urea groups is 1. The lowest BCUT2D eigenvalue weighted by Gasteiger charge is -2.30. The van der Waals surface area contributed by atoms with Gasteiger partial charge in [0.15, 0.2) is 0 Å². The first kappa shape index (κ1) is 124. The van der Waals surface area contributed by atoms with Crippen molar-refractivity contribution in [3.8, 4) is 5.75 Å². The number of nitrogens with one attached hydrogen (secondary N) is 16. The average molecular weight is 2030 g/mol. The van der Waals surface area contributed by atoms with E-state index in [0.717, 1.165) is 46.0 Å². The lowest BCUT2D eigenvalue weighted by molar-refractivity contribution is -0.149. The zero-order chi connectivity index (χ0) is 106. The number of aliphatic carboxylic acids is 3. The van der Waals surface area contributed by atoms with Crippen molar-refractivity contribution >= 4 is 113 Å². The van der Waals surface area contributed by atoms with E-state index in [9.17, 15) is 122 Å². The first-order valence-electron chi connectivity index (χ1n) is 49.6. The molecule has 1 aromatic carbocycles. The van der Waals surface area contributed by atoms with E-state index in [2.05, 4.69) is 85.1 Å². The number of hydrogen-bond donors (Lipinski definition) is 24. The largest absolute Gasteiger partial charge is 0.508 e. The van der Waals surface area contributed by atoms with Gasteiger partial charge in [0.25, 0.3) is 0 Å². The van der Waals surface area contributed by atoms with E-state index in [1.807, 2.05) is 6.92 Å². The van der Waals surface area contributed by atoms with Crippen molar-refractivity contribution in [3.05, 3.63) is 29.8 Å². The summed E-state index contributed by atoms with van der Waals surface area (Å²) in [6.07, 6.45) is 2.24. The molecule has 2 aliphatic heterocycles. The van der Waals surface area contributed by atoms with Crippen LogP contribution in [-0.2, 0) is 116 Å². The Kier molecular flexibility index (Phi) is 58.0. The molecule has 1 aromatic rings. The van der Waals surface area contributed by atoms with E-state index in [1.165, 1.54) is 63.8 Å². The number of fused-ring (bicyclic) bond motifs is 1. The normalized spacial score (nSPS) is 18.0. The molecule has 808 valence electrons. The number of phenolic OH excluding ortho intramolecular Hbond substituents is 1. The number of hydrogen-bond acceptors (Lipinski definition) is 29. The van der Waals surface area contributed by atoms with Crippen molar-refractivity contribution in [1.82, 2.24) is 90.0 Å². The molecule has 0 bridgehead atoms.